The third-order valence-electron chi connectivity index (χ3n) is 2.48. The number of amides is 1. The number of nitro groups is 1. The summed E-state index contributed by atoms with van der Waals surface area (Å²) in [7, 11) is -1.07. The van der Waals surface area contributed by atoms with E-state index in [1.54, 1.807) is 6.92 Å². The van der Waals surface area contributed by atoms with Crippen molar-refractivity contribution in [2.45, 2.75) is 12.2 Å². The molecule has 0 aliphatic rings. The fourth-order valence-electron chi connectivity index (χ4n) is 1.20. The van der Waals surface area contributed by atoms with Crippen LogP contribution >= 0.6 is 0 Å². The molecule has 0 aliphatic heterocycles. The number of carbonyl (C=O) groups is 1. The molecule has 1 rings (SSSR count). The van der Waals surface area contributed by atoms with E-state index in [1.165, 1.54) is 6.26 Å². The smallest absolute Gasteiger partial charge is 0.288 e. The third kappa shape index (κ3) is 3.98. The quantitative estimate of drug-likeness (QED) is 0.582. The summed E-state index contributed by atoms with van der Waals surface area (Å²) in [5, 5.41) is 12.9. The first kappa shape index (κ1) is 15.0. The number of aromatic nitrogens is 1. The van der Waals surface area contributed by atoms with Crippen molar-refractivity contribution in [1.82, 2.24) is 10.3 Å². The minimum absolute atomic E-state index is 0.0664. The summed E-state index contributed by atoms with van der Waals surface area (Å²) in [4.78, 5) is 25.3. The third-order valence-corrected chi connectivity index (χ3v) is 3.78. The van der Waals surface area contributed by atoms with Crippen LogP contribution in [-0.2, 0) is 10.8 Å². The van der Waals surface area contributed by atoms with Crippen LogP contribution in [0.5, 0.6) is 0 Å². The molecule has 8 nitrogen and oxygen atoms in total. The predicted molar refractivity (Wildman–Crippen MR) is 71.2 cm³/mol. The second-order valence-electron chi connectivity index (χ2n) is 3.90. The van der Waals surface area contributed by atoms with Gasteiger partial charge in [0.05, 0.1) is 10.5 Å². The van der Waals surface area contributed by atoms with Crippen LogP contribution in [0.25, 0.3) is 0 Å². The molecule has 0 radical (unpaired) electrons. The molecule has 0 aliphatic carbocycles. The zero-order chi connectivity index (χ0) is 14.6. The lowest BCUT2D eigenvalue weighted by Gasteiger charge is -2.10. The molecule has 0 saturated heterocycles. The fourth-order valence-corrected chi connectivity index (χ4v) is 1.51. The van der Waals surface area contributed by atoms with Gasteiger partial charge in [-0.2, -0.15) is 0 Å². The van der Waals surface area contributed by atoms with Gasteiger partial charge in [0.1, 0.15) is 12.0 Å². The Hall–Kier alpha value is -2.03. The topological polar surface area (TPSA) is 128 Å². The average molecular weight is 286 g/mol. The number of rotatable bonds is 5. The minimum Gasteiger partial charge on any atom is -0.383 e. The molecule has 1 aromatic rings. The van der Waals surface area contributed by atoms with Crippen LogP contribution < -0.4 is 11.1 Å². The molecule has 2 atom stereocenters. The Balaban J connectivity index is 2.84. The number of carbonyl (C=O) groups excluding carboxylic acids is 1. The zero-order valence-corrected chi connectivity index (χ0v) is 11.3. The molecular formula is C10H14N4O4S. The Morgan fingerprint density at radius 2 is 2.32 bits per heavy atom. The number of nitrogens with zero attached hydrogens (tertiary/aromatic N) is 2. The maximum atomic E-state index is 11.8. The van der Waals surface area contributed by atoms with E-state index in [-0.39, 0.29) is 28.9 Å². The molecule has 0 aromatic carbocycles. The Labute approximate surface area is 112 Å². The van der Waals surface area contributed by atoms with Crippen molar-refractivity contribution in [3.8, 4) is 0 Å². The molecule has 9 heteroatoms. The monoisotopic (exact) mass is 286 g/mol. The number of nitrogens with two attached hydrogens (primary N) is 1. The van der Waals surface area contributed by atoms with E-state index in [1.807, 2.05) is 0 Å². The van der Waals surface area contributed by atoms with Gasteiger partial charge in [0.2, 0.25) is 0 Å². The lowest BCUT2D eigenvalue weighted by molar-refractivity contribution is -0.385. The summed E-state index contributed by atoms with van der Waals surface area (Å²) in [6.07, 6.45) is 2.51. The number of hydrogen-bond acceptors (Lipinski definition) is 6. The highest BCUT2D eigenvalue weighted by Gasteiger charge is 2.17. The summed E-state index contributed by atoms with van der Waals surface area (Å²) in [5.74, 6) is -0.667. The van der Waals surface area contributed by atoms with Gasteiger partial charge >= 0.3 is 0 Å². The molecule has 2 unspecified atom stereocenters. The van der Waals surface area contributed by atoms with Crippen molar-refractivity contribution in [2.75, 3.05) is 18.5 Å². The summed E-state index contributed by atoms with van der Waals surface area (Å²) in [6, 6.07) is 1.06. The van der Waals surface area contributed by atoms with E-state index in [9.17, 15) is 19.1 Å². The summed E-state index contributed by atoms with van der Waals surface area (Å²) < 4.78 is 11.1. The Morgan fingerprint density at radius 1 is 1.68 bits per heavy atom. The normalized spacial score (nSPS) is 13.6. The molecule has 104 valence electrons. The number of anilines is 1. The van der Waals surface area contributed by atoms with Crippen LogP contribution in [0.2, 0.25) is 0 Å². The largest absolute Gasteiger partial charge is 0.383 e. The van der Waals surface area contributed by atoms with Gasteiger partial charge in [-0.05, 0) is 6.92 Å². The van der Waals surface area contributed by atoms with Crippen LogP contribution in [0.3, 0.4) is 0 Å². The van der Waals surface area contributed by atoms with Crippen LogP contribution in [0, 0.1) is 10.1 Å². The average Bonchev–Trinajstić information content (AvgIpc) is 2.35. The number of nitrogens with one attached hydrogen (secondary N) is 1. The maximum Gasteiger partial charge on any atom is 0.288 e. The lowest BCUT2D eigenvalue weighted by Crippen LogP contribution is -2.33. The highest BCUT2D eigenvalue weighted by molar-refractivity contribution is 7.84. The molecule has 0 saturated carbocycles. The molecule has 0 bridgehead atoms. The van der Waals surface area contributed by atoms with E-state index < -0.39 is 21.6 Å². The molecule has 3 N–H and O–H groups in total. The Bertz CT molecular complexity index is 534. The maximum absolute atomic E-state index is 11.8. The van der Waals surface area contributed by atoms with Crippen LogP contribution in [0.1, 0.15) is 17.3 Å². The number of nitrogen functional groups attached to an aromatic ring is 1. The van der Waals surface area contributed by atoms with Crippen molar-refractivity contribution in [1.29, 1.82) is 0 Å². The Kier molecular flexibility index (Phi) is 4.93. The molecular weight excluding hydrogens is 272 g/mol. The van der Waals surface area contributed by atoms with Gasteiger partial charge in [-0.15, -0.1) is 0 Å². The van der Waals surface area contributed by atoms with E-state index in [4.69, 9.17) is 5.73 Å². The first-order valence-electron chi connectivity index (χ1n) is 5.33. The highest BCUT2D eigenvalue weighted by atomic mass is 32.2. The van der Waals surface area contributed by atoms with Gasteiger partial charge < -0.3 is 11.1 Å². The minimum atomic E-state index is -1.07. The molecule has 19 heavy (non-hydrogen) atoms. The van der Waals surface area contributed by atoms with Crippen LogP contribution in [0.15, 0.2) is 12.3 Å². The van der Waals surface area contributed by atoms with Crippen molar-refractivity contribution < 1.29 is 13.9 Å². The van der Waals surface area contributed by atoms with Gasteiger partial charge in [-0.25, -0.2) is 4.98 Å². The fraction of sp³-hybridized carbons (Fsp3) is 0.400. The second kappa shape index (κ2) is 6.23. The summed E-state index contributed by atoms with van der Waals surface area (Å²) >= 11 is 0. The Morgan fingerprint density at radius 3 is 2.84 bits per heavy atom. The molecule has 0 spiro atoms. The highest BCUT2D eigenvalue weighted by Crippen LogP contribution is 2.16. The van der Waals surface area contributed by atoms with E-state index >= 15 is 0 Å². The second-order valence-corrected chi connectivity index (χ2v) is 5.70. The summed E-state index contributed by atoms with van der Waals surface area (Å²) in [6.45, 7) is 1.90. The lowest BCUT2D eigenvalue weighted by atomic mass is 10.2. The van der Waals surface area contributed by atoms with Gasteiger partial charge in [0, 0.05) is 34.9 Å². The van der Waals surface area contributed by atoms with Gasteiger partial charge in [-0.1, -0.05) is 0 Å². The first-order chi connectivity index (χ1) is 8.82. The predicted octanol–water partition coefficient (Wildman–Crippen LogP) is 0.0688. The van der Waals surface area contributed by atoms with E-state index in [0.29, 0.717) is 0 Å². The molecule has 1 aromatic heterocycles. The SMILES string of the molecule is CC(CNC(=O)c1cc([N+](=O)[O-])cnc1N)S(C)=O. The van der Waals surface area contributed by atoms with Crippen molar-refractivity contribution in [2.24, 2.45) is 0 Å². The van der Waals surface area contributed by atoms with Crippen molar-refractivity contribution in [3.05, 3.63) is 27.9 Å². The summed E-state index contributed by atoms with van der Waals surface area (Å²) in [5.41, 5.74) is 5.12. The first-order valence-corrected chi connectivity index (χ1v) is 6.95. The van der Waals surface area contributed by atoms with Crippen molar-refractivity contribution >= 4 is 28.2 Å². The van der Waals surface area contributed by atoms with Crippen LogP contribution in [0.4, 0.5) is 11.5 Å². The number of pyridine rings is 1. The van der Waals surface area contributed by atoms with E-state index in [0.717, 1.165) is 12.3 Å². The standard InChI is InChI=1S/C10H14N4O4S/c1-6(19(2)18)4-13-10(15)8-3-7(14(16)17)5-12-9(8)11/h3,5-6H,4H2,1-2H3,(H2,11,12)(H,13,15). The molecule has 0 fully saturated rings. The molecule has 1 amide bonds. The van der Waals surface area contributed by atoms with E-state index in [2.05, 4.69) is 10.3 Å². The molecule has 1 heterocycles. The van der Waals surface area contributed by atoms with Crippen molar-refractivity contribution in [3.63, 3.8) is 0 Å². The van der Waals surface area contributed by atoms with Gasteiger partial charge in [0.25, 0.3) is 11.6 Å². The van der Waals surface area contributed by atoms with Gasteiger partial charge in [-0.3, -0.25) is 19.1 Å². The number of hydrogen-bond donors (Lipinski definition) is 2. The zero-order valence-electron chi connectivity index (χ0n) is 10.5. The van der Waals surface area contributed by atoms with Gasteiger partial charge in [0.15, 0.2) is 0 Å². The van der Waals surface area contributed by atoms with Crippen LogP contribution in [-0.4, -0.2) is 38.1 Å².